The van der Waals surface area contributed by atoms with Gasteiger partial charge in [0.1, 0.15) is 23.9 Å². The third-order valence-electron chi connectivity index (χ3n) is 3.36. The van der Waals surface area contributed by atoms with Gasteiger partial charge in [0.25, 0.3) is 5.91 Å². The van der Waals surface area contributed by atoms with E-state index in [2.05, 4.69) is 5.32 Å². The van der Waals surface area contributed by atoms with E-state index in [1.165, 1.54) is 12.1 Å². The van der Waals surface area contributed by atoms with Crippen molar-refractivity contribution in [3.63, 3.8) is 0 Å². The second-order valence-corrected chi connectivity index (χ2v) is 5.68. The maximum Gasteiger partial charge on any atom is 0.260 e. The zero-order chi connectivity index (χ0) is 17.5. The number of amides is 1. The molecule has 0 spiro atoms. The summed E-state index contributed by atoms with van der Waals surface area (Å²) in [6.45, 7) is 6.31. The molecule has 0 saturated carbocycles. The summed E-state index contributed by atoms with van der Waals surface area (Å²) in [5.74, 6) is 0.716. The van der Waals surface area contributed by atoms with Crippen molar-refractivity contribution in [2.45, 2.75) is 26.9 Å². The minimum Gasteiger partial charge on any atom is -0.492 e. The highest BCUT2D eigenvalue weighted by molar-refractivity contribution is 5.80. The third kappa shape index (κ3) is 5.57. The molecular formula is C19H22FNO3. The Morgan fingerprint density at radius 2 is 1.71 bits per heavy atom. The van der Waals surface area contributed by atoms with Crippen LogP contribution in [0.5, 0.6) is 11.5 Å². The molecule has 0 radical (unpaired) electrons. The van der Waals surface area contributed by atoms with Gasteiger partial charge in [0.15, 0.2) is 6.10 Å². The first-order valence-corrected chi connectivity index (χ1v) is 7.85. The minimum absolute atomic E-state index is 0.211. The molecule has 2 rings (SSSR count). The van der Waals surface area contributed by atoms with Gasteiger partial charge in [-0.15, -0.1) is 0 Å². The number of hydrogen-bond donors (Lipinski definition) is 1. The van der Waals surface area contributed by atoms with Gasteiger partial charge >= 0.3 is 0 Å². The molecule has 24 heavy (non-hydrogen) atoms. The molecule has 2 aromatic carbocycles. The summed E-state index contributed by atoms with van der Waals surface area (Å²) in [6, 6.07) is 11.6. The van der Waals surface area contributed by atoms with Crippen molar-refractivity contribution >= 4 is 5.91 Å². The summed E-state index contributed by atoms with van der Waals surface area (Å²) in [6.07, 6.45) is -0.600. The fraction of sp³-hybridized carbons (Fsp3) is 0.316. The maximum atomic E-state index is 12.8. The standard InChI is InChI=1S/C19H22FNO3/c1-13-10-14(2)12-18(11-13)24-15(3)19(22)21-8-9-23-17-6-4-16(20)5-7-17/h4-7,10-12,15H,8-9H2,1-3H3,(H,21,22)/t15-/m0/s1. The van der Waals surface area contributed by atoms with Gasteiger partial charge in [-0.2, -0.15) is 0 Å². The van der Waals surface area contributed by atoms with Gasteiger partial charge in [0.05, 0.1) is 6.54 Å². The number of hydrogen-bond acceptors (Lipinski definition) is 3. The number of ether oxygens (including phenoxy) is 2. The van der Waals surface area contributed by atoms with Crippen LogP contribution in [0.2, 0.25) is 0 Å². The van der Waals surface area contributed by atoms with E-state index in [0.29, 0.717) is 24.7 Å². The number of halogens is 1. The third-order valence-corrected chi connectivity index (χ3v) is 3.36. The molecule has 0 aliphatic carbocycles. The monoisotopic (exact) mass is 331 g/mol. The Bertz CT molecular complexity index is 665. The van der Waals surface area contributed by atoms with Gasteiger partial charge in [-0.25, -0.2) is 4.39 Å². The predicted octanol–water partition coefficient (Wildman–Crippen LogP) is 3.41. The van der Waals surface area contributed by atoms with Crippen LogP contribution in [0, 0.1) is 19.7 Å². The SMILES string of the molecule is Cc1cc(C)cc(O[C@@H](C)C(=O)NCCOc2ccc(F)cc2)c1. The van der Waals surface area contributed by atoms with Crippen LogP contribution >= 0.6 is 0 Å². The van der Waals surface area contributed by atoms with Crippen molar-refractivity contribution in [2.75, 3.05) is 13.2 Å². The number of carbonyl (C=O) groups excluding carboxylic acids is 1. The summed E-state index contributed by atoms with van der Waals surface area (Å²) in [5, 5.41) is 2.75. The Balaban J connectivity index is 1.74. The van der Waals surface area contributed by atoms with Gasteiger partial charge in [-0.1, -0.05) is 6.07 Å². The molecule has 0 bridgehead atoms. The summed E-state index contributed by atoms with van der Waals surface area (Å²) < 4.78 is 23.9. The minimum atomic E-state index is -0.600. The first kappa shape index (κ1) is 17.8. The molecule has 2 aromatic rings. The maximum absolute atomic E-state index is 12.8. The Hall–Kier alpha value is -2.56. The molecule has 0 aromatic heterocycles. The molecule has 1 amide bonds. The van der Waals surface area contributed by atoms with E-state index in [-0.39, 0.29) is 11.7 Å². The Kier molecular flexibility index (Phi) is 6.18. The number of benzene rings is 2. The lowest BCUT2D eigenvalue weighted by Crippen LogP contribution is -2.38. The second kappa shape index (κ2) is 8.34. The zero-order valence-corrected chi connectivity index (χ0v) is 14.1. The molecule has 1 atom stereocenters. The van der Waals surface area contributed by atoms with E-state index in [1.807, 2.05) is 32.0 Å². The average molecular weight is 331 g/mol. The highest BCUT2D eigenvalue weighted by Crippen LogP contribution is 2.17. The van der Waals surface area contributed by atoms with E-state index in [9.17, 15) is 9.18 Å². The largest absolute Gasteiger partial charge is 0.492 e. The van der Waals surface area contributed by atoms with E-state index in [1.54, 1.807) is 19.1 Å². The number of nitrogens with one attached hydrogen (secondary N) is 1. The van der Waals surface area contributed by atoms with Gasteiger partial charge in [0.2, 0.25) is 0 Å². The lowest BCUT2D eigenvalue weighted by molar-refractivity contribution is -0.127. The molecule has 128 valence electrons. The normalized spacial score (nSPS) is 11.7. The summed E-state index contributed by atoms with van der Waals surface area (Å²) in [7, 11) is 0. The van der Waals surface area contributed by atoms with Crippen molar-refractivity contribution in [1.29, 1.82) is 0 Å². The quantitative estimate of drug-likeness (QED) is 0.791. The smallest absolute Gasteiger partial charge is 0.260 e. The summed E-state index contributed by atoms with van der Waals surface area (Å²) >= 11 is 0. The van der Waals surface area contributed by atoms with Crippen molar-refractivity contribution < 1.29 is 18.7 Å². The summed E-state index contributed by atoms with van der Waals surface area (Å²) in [4.78, 5) is 12.0. The van der Waals surface area contributed by atoms with E-state index >= 15 is 0 Å². The number of rotatable bonds is 7. The van der Waals surface area contributed by atoms with E-state index in [0.717, 1.165) is 11.1 Å². The Labute approximate surface area is 141 Å². The highest BCUT2D eigenvalue weighted by atomic mass is 19.1. The van der Waals surface area contributed by atoms with Crippen LogP contribution < -0.4 is 14.8 Å². The van der Waals surface area contributed by atoms with Gasteiger partial charge in [0, 0.05) is 0 Å². The van der Waals surface area contributed by atoms with E-state index < -0.39 is 6.10 Å². The fourth-order valence-electron chi connectivity index (χ4n) is 2.28. The van der Waals surface area contributed by atoms with Crippen LogP contribution in [0.4, 0.5) is 4.39 Å². The van der Waals surface area contributed by atoms with Crippen LogP contribution in [0.3, 0.4) is 0 Å². The Morgan fingerprint density at radius 3 is 2.33 bits per heavy atom. The van der Waals surface area contributed by atoms with Crippen LogP contribution in [0.1, 0.15) is 18.1 Å². The topological polar surface area (TPSA) is 47.6 Å². The molecule has 0 aliphatic heterocycles. The van der Waals surface area contributed by atoms with Gasteiger partial charge in [-0.05, 0) is 68.3 Å². The second-order valence-electron chi connectivity index (χ2n) is 5.68. The van der Waals surface area contributed by atoms with Crippen molar-refractivity contribution in [3.05, 3.63) is 59.4 Å². The van der Waals surface area contributed by atoms with Crippen LogP contribution in [0.25, 0.3) is 0 Å². The van der Waals surface area contributed by atoms with Gasteiger partial charge in [-0.3, -0.25) is 4.79 Å². The lowest BCUT2D eigenvalue weighted by Gasteiger charge is -2.16. The zero-order valence-electron chi connectivity index (χ0n) is 14.1. The lowest BCUT2D eigenvalue weighted by atomic mass is 10.1. The Morgan fingerprint density at radius 1 is 1.08 bits per heavy atom. The van der Waals surface area contributed by atoms with Crippen LogP contribution in [-0.4, -0.2) is 25.2 Å². The van der Waals surface area contributed by atoms with E-state index in [4.69, 9.17) is 9.47 Å². The van der Waals surface area contributed by atoms with Crippen LogP contribution in [0.15, 0.2) is 42.5 Å². The molecule has 0 heterocycles. The van der Waals surface area contributed by atoms with Crippen molar-refractivity contribution in [1.82, 2.24) is 5.32 Å². The molecule has 0 unspecified atom stereocenters. The summed E-state index contributed by atoms with van der Waals surface area (Å²) in [5.41, 5.74) is 2.18. The molecule has 4 nitrogen and oxygen atoms in total. The van der Waals surface area contributed by atoms with Crippen LogP contribution in [-0.2, 0) is 4.79 Å². The molecule has 0 fully saturated rings. The molecule has 5 heteroatoms. The first-order chi connectivity index (χ1) is 11.4. The molecule has 0 saturated heterocycles. The average Bonchev–Trinajstić information content (AvgIpc) is 2.52. The van der Waals surface area contributed by atoms with Gasteiger partial charge < -0.3 is 14.8 Å². The first-order valence-electron chi connectivity index (χ1n) is 7.85. The predicted molar refractivity (Wildman–Crippen MR) is 90.9 cm³/mol. The van der Waals surface area contributed by atoms with Crippen molar-refractivity contribution in [3.8, 4) is 11.5 Å². The van der Waals surface area contributed by atoms with Crippen molar-refractivity contribution in [2.24, 2.45) is 0 Å². The molecular weight excluding hydrogens is 309 g/mol. The number of aryl methyl sites for hydroxylation is 2. The fourth-order valence-corrected chi connectivity index (χ4v) is 2.28. The number of carbonyl (C=O) groups is 1. The molecule has 1 N–H and O–H groups in total. The molecule has 0 aliphatic rings. The highest BCUT2D eigenvalue weighted by Gasteiger charge is 2.14.